The van der Waals surface area contributed by atoms with E-state index < -0.39 is 34.4 Å². The van der Waals surface area contributed by atoms with Crippen LogP contribution in [0.5, 0.6) is 0 Å². The molecule has 0 spiro atoms. The second-order valence-electron chi connectivity index (χ2n) is 4.23. The normalized spacial score (nSPS) is 18.4. The number of carbonyl (C=O) groups excluding carboxylic acids is 1. The zero-order valence-electron chi connectivity index (χ0n) is 10.6. The zero-order chi connectivity index (χ0) is 15.6. The third kappa shape index (κ3) is 3.17. The molecule has 0 unspecified atom stereocenters. The van der Waals surface area contributed by atoms with Gasteiger partial charge in [-0.3, -0.25) is 13.9 Å². The van der Waals surface area contributed by atoms with Crippen LogP contribution in [0.3, 0.4) is 0 Å². The first-order valence-electron chi connectivity index (χ1n) is 5.80. The first kappa shape index (κ1) is 15.3. The van der Waals surface area contributed by atoms with Crippen molar-refractivity contribution in [1.82, 2.24) is 9.62 Å². The maximum Gasteiger partial charge on any atom is 0.306 e. The van der Waals surface area contributed by atoms with E-state index in [1.165, 1.54) is 24.3 Å². The minimum atomic E-state index is -4.04. The van der Waals surface area contributed by atoms with Crippen LogP contribution >= 0.6 is 11.6 Å². The molecule has 0 bridgehead atoms. The van der Waals surface area contributed by atoms with Crippen molar-refractivity contribution in [3.63, 3.8) is 0 Å². The van der Waals surface area contributed by atoms with Gasteiger partial charge in [0.2, 0.25) is 5.91 Å². The van der Waals surface area contributed by atoms with Crippen LogP contribution in [-0.2, 0) is 19.6 Å². The summed E-state index contributed by atoms with van der Waals surface area (Å²) < 4.78 is 25.7. The smallest absolute Gasteiger partial charge is 0.306 e. The van der Waals surface area contributed by atoms with Crippen LogP contribution in [0, 0.1) is 0 Å². The predicted molar refractivity (Wildman–Crippen MR) is 73.8 cm³/mol. The van der Waals surface area contributed by atoms with E-state index in [1.54, 1.807) is 0 Å². The van der Waals surface area contributed by atoms with Gasteiger partial charge in [-0.15, -0.1) is 0 Å². The maximum absolute atomic E-state index is 12.5. The van der Waals surface area contributed by atoms with Crippen molar-refractivity contribution < 1.29 is 23.1 Å². The van der Waals surface area contributed by atoms with E-state index in [0.29, 0.717) is 5.02 Å². The summed E-state index contributed by atoms with van der Waals surface area (Å²) >= 11 is 5.70. The largest absolute Gasteiger partial charge is 0.481 e. The fraction of sp³-hybridized carbons (Fsp3) is 0.167. The average Bonchev–Trinajstić information content (AvgIpc) is 2.41. The molecule has 1 atom stereocenters. The molecule has 0 saturated carbocycles. The number of nitrogens with zero attached hydrogens (tertiary/aromatic N) is 1. The summed E-state index contributed by atoms with van der Waals surface area (Å²) in [4.78, 5) is 22.5. The molecule has 0 fully saturated rings. The number of halogens is 1. The Morgan fingerprint density at radius 2 is 1.95 bits per heavy atom. The Hall–Kier alpha value is -2.06. The van der Waals surface area contributed by atoms with Crippen molar-refractivity contribution in [2.75, 3.05) is 0 Å². The summed E-state index contributed by atoms with van der Waals surface area (Å²) in [5, 5.41) is 11.5. The van der Waals surface area contributed by atoms with E-state index >= 15 is 0 Å². The minimum Gasteiger partial charge on any atom is -0.481 e. The molecule has 1 aromatic rings. The monoisotopic (exact) mass is 330 g/mol. The Morgan fingerprint density at radius 1 is 1.33 bits per heavy atom. The molecule has 0 aliphatic carbocycles. The van der Waals surface area contributed by atoms with Gasteiger partial charge in [0.05, 0.1) is 11.3 Å². The lowest BCUT2D eigenvalue weighted by Crippen LogP contribution is -2.49. The van der Waals surface area contributed by atoms with Gasteiger partial charge < -0.3 is 10.4 Å². The lowest BCUT2D eigenvalue weighted by atomic mass is 10.2. The van der Waals surface area contributed by atoms with Crippen molar-refractivity contribution in [1.29, 1.82) is 0 Å². The van der Waals surface area contributed by atoms with Crippen LogP contribution in [0.25, 0.3) is 0 Å². The lowest BCUT2D eigenvalue weighted by Gasteiger charge is -2.30. The predicted octanol–water partition coefficient (Wildman–Crippen LogP) is 0.775. The molecule has 1 heterocycles. The molecule has 2 rings (SSSR count). The van der Waals surface area contributed by atoms with Gasteiger partial charge in [0.15, 0.2) is 0 Å². The highest BCUT2D eigenvalue weighted by molar-refractivity contribution is 7.89. The van der Waals surface area contributed by atoms with Crippen molar-refractivity contribution in [2.45, 2.75) is 17.4 Å². The third-order valence-electron chi connectivity index (χ3n) is 2.81. The second kappa shape index (κ2) is 5.74. The molecule has 7 nitrogen and oxygen atoms in total. The van der Waals surface area contributed by atoms with Crippen LogP contribution in [0.1, 0.15) is 6.42 Å². The van der Waals surface area contributed by atoms with Crippen LogP contribution in [0.2, 0.25) is 5.02 Å². The van der Waals surface area contributed by atoms with Crippen LogP contribution in [-0.4, -0.2) is 35.7 Å². The SMILES string of the molecule is O=C(O)C[C@@H]1C(=O)NC=CN1S(=O)(=O)c1ccc(Cl)cc1. The number of benzene rings is 1. The topological polar surface area (TPSA) is 104 Å². The van der Waals surface area contributed by atoms with E-state index in [2.05, 4.69) is 5.32 Å². The number of carbonyl (C=O) groups is 2. The summed E-state index contributed by atoms with van der Waals surface area (Å²) in [6, 6.07) is 4.03. The van der Waals surface area contributed by atoms with Gasteiger partial charge in [-0.25, -0.2) is 8.42 Å². The summed E-state index contributed by atoms with van der Waals surface area (Å²) in [5.74, 6) is -1.97. The molecule has 1 aromatic carbocycles. The van der Waals surface area contributed by atoms with Gasteiger partial charge in [-0.05, 0) is 24.3 Å². The number of nitrogens with one attached hydrogen (secondary N) is 1. The maximum atomic E-state index is 12.5. The van der Waals surface area contributed by atoms with Gasteiger partial charge in [0, 0.05) is 17.4 Å². The first-order valence-corrected chi connectivity index (χ1v) is 7.62. The van der Waals surface area contributed by atoms with Crippen molar-refractivity contribution >= 4 is 33.5 Å². The average molecular weight is 331 g/mol. The number of hydrogen-bond donors (Lipinski definition) is 2. The van der Waals surface area contributed by atoms with E-state index in [0.717, 1.165) is 16.7 Å². The van der Waals surface area contributed by atoms with Gasteiger partial charge in [-0.2, -0.15) is 0 Å². The molecular weight excluding hydrogens is 320 g/mol. The number of rotatable bonds is 4. The number of carboxylic acid groups (broad SMARTS) is 1. The molecule has 112 valence electrons. The van der Waals surface area contributed by atoms with Crippen molar-refractivity contribution in [3.05, 3.63) is 41.7 Å². The van der Waals surface area contributed by atoms with Crippen LogP contribution < -0.4 is 5.32 Å². The number of hydrogen-bond acceptors (Lipinski definition) is 4. The molecule has 1 aliphatic rings. The molecule has 9 heteroatoms. The summed E-state index contributed by atoms with van der Waals surface area (Å²) in [5.41, 5.74) is 0. The number of aliphatic carboxylic acids is 1. The molecule has 0 aromatic heterocycles. The van der Waals surface area contributed by atoms with Gasteiger partial charge in [-0.1, -0.05) is 11.6 Å². The molecular formula is C12H11ClN2O5S. The minimum absolute atomic E-state index is 0.0818. The van der Waals surface area contributed by atoms with Crippen molar-refractivity contribution in [2.24, 2.45) is 0 Å². The Kier molecular flexibility index (Phi) is 4.19. The molecule has 2 N–H and O–H groups in total. The Labute approximate surface area is 125 Å². The van der Waals surface area contributed by atoms with Crippen molar-refractivity contribution in [3.8, 4) is 0 Å². The third-order valence-corrected chi connectivity index (χ3v) is 4.87. The van der Waals surface area contributed by atoms with E-state index in [1.807, 2.05) is 0 Å². The first-order chi connectivity index (χ1) is 9.82. The molecule has 21 heavy (non-hydrogen) atoms. The molecule has 1 amide bonds. The highest BCUT2D eigenvalue weighted by atomic mass is 35.5. The fourth-order valence-corrected chi connectivity index (χ4v) is 3.41. The van der Waals surface area contributed by atoms with Gasteiger partial charge in [0.1, 0.15) is 6.04 Å². The molecule has 0 saturated heterocycles. The fourth-order valence-electron chi connectivity index (χ4n) is 1.83. The molecule has 0 radical (unpaired) electrons. The van der Waals surface area contributed by atoms with Crippen LogP contribution in [0.15, 0.2) is 41.6 Å². The summed E-state index contributed by atoms with van der Waals surface area (Å²) in [6.07, 6.45) is 1.64. The Morgan fingerprint density at radius 3 is 2.52 bits per heavy atom. The molecule has 1 aliphatic heterocycles. The highest BCUT2D eigenvalue weighted by Gasteiger charge is 2.36. The van der Waals surface area contributed by atoms with Crippen LogP contribution in [0.4, 0.5) is 0 Å². The number of amides is 1. The number of carboxylic acids is 1. The van der Waals surface area contributed by atoms with E-state index in [9.17, 15) is 18.0 Å². The van der Waals surface area contributed by atoms with E-state index in [4.69, 9.17) is 16.7 Å². The summed E-state index contributed by atoms with van der Waals surface area (Å²) in [7, 11) is -4.04. The zero-order valence-corrected chi connectivity index (χ0v) is 12.1. The Balaban J connectivity index is 2.43. The van der Waals surface area contributed by atoms with Gasteiger partial charge >= 0.3 is 5.97 Å². The quantitative estimate of drug-likeness (QED) is 0.848. The second-order valence-corrected chi connectivity index (χ2v) is 6.51. The van der Waals surface area contributed by atoms with E-state index in [-0.39, 0.29) is 4.90 Å². The Bertz CT molecular complexity index is 699. The highest BCUT2D eigenvalue weighted by Crippen LogP contribution is 2.23. The lowest BCUT2D eigenvalue weighted by molar-refractivity contribution is -0.140. The summed E-state index contributed by atoms with van der Waals surface area (Å²) in [6.45, 7) is 0. The number of sulfonamides is 1. The standard InChI is InChI=1S/C12H11ClN2O5S/c13-8-1-3-9(4-2-8)21(19,20)15-6-5-14-12(18)10(15)7-11(16)17/h1-6,10H,7H2,(H,14,18)(H,16,17)/t10-/m1/s1. The van der Waals surface area contributed by atoms with Gasteiger partial charge in [0.25, 0.3) is 10.0 Å².